The molecule has 18 heavy (non-hydrogen) atoms. The number of nitrogens with two attached hydrogens (primary N) is 1. The Kier molecular flexibility index (Phi) is 8.97. The molecule has 0 amide bonds. The predicted octanol–water partition coefficient (Wildman–Crippen LogP) is 2.92. The van der Waals surface area contributed by atoms with Gasteiger partial charge in [0.15, 0.2) is 0 Å². The molecule has 1 aromatic carbocycles. The zero-order valence-corrected chi connectivity index (χ0v) is 11.4. The average molecular weight is 270 g/mol. The summed E-state index contributed by atoms with van der Waals surface area (Å²) in [6, 6.07) is 7.75. The first-order valence-electron chi connectivity index (χ1n) is 5.90. The molecule has 2 N–H and O–H groups in total. The standard InChI is InChI=1S/C14H19NO2.ClH/c1-2-3-10-17-14(16)9-8-12-4-6-13(11-15)7-5-12;/h4-9H,2-3,10-11,15H2,1H3;1H. The van der Waals surface area contributed by atoms with Gasteiger partial charge in [-0.05, 0) is 23.6 Å². The highest BCUT2D eigenvalue weighted by Crippen LogP contribution is 2.05. The van der Waals surface area contributed by atoms with Crippen molar-refractivity contribution in [3.8, 4) is 0 Å². The molecule has 0 aliphatic rings. The lowest BCUT2D eigenvalue weighted by Crippen LogP contribution is -2.01. The van der Waals surface area contributed by atoms with Gasteiger partial charge in [-0.25, -0.2) is 4.79 Å². The second-order valence-corrected chi connectivity index (χ2v) is 3.80. The molecule has 1 aromatic rings. The zero-order chi connectivity index (χ0) is 12.5. The Morgan fingerprint density at radius 3 is 2.56 bits per heavy atom. The SMILES string of the molecule is CCCCOC(=O)C=Cc1ccc(CN)cc1.Cl. The summed E-state index contributed by atoms with van der Waals surface area (Å²) in [5.41, 5.74) is 7.54. The number of hydrogen-bond acceptors (Lipinski definition) is 3. The number of carbonyl (C=O) groups is 1. The fourth-order valence-corrected chi connectivity index (χ4v) is 1.29. The summed E-state index contributed by atoms with van der Waals surface area (Å²) in [7, 11) is 0. The topological polar surface area (TPSA) is 52.3 Å². The van der Waals surface area contributed by atoms with Crippen LogP contribution in [-0.2, 0) is 16.1 Å². The van der Waals surface area contributed by atoms with Crippen LogP contribution in [0.1, 0.15) is 30.9 Å². The van der Waals surface area contributed by atoms with Crippen molar-refractivity contribution in [3.05, 3.63) is 41.5 Å². The highest BCUT2D eigenvalue weighted by molar-refractivity contribution is 5.87. The summed E-state index contributed by atoms with van der Waals surface area (Å²) in [6.45, 7) is 3.08. The molecular formula is C14H20ClNO2. The monoisotopic (exact) mass is 269 g/mol. The molecule has 0 bridgehead atoms. The predicted molar refractivity (Wildman–Crippen MR) is 76.5 cm³/mol. The molecule has 0 atom stereocenters. The first kappa shape index (κ1) is 16.7. The number of benzene rings is 1. The maximum absolute atomic E-state index is 11.3. The van der Waals surface area contributed by atoms with E-state index in [0.29, 0.717) is 13.2 Å². The van der Waals surface area contributed by atoms with Crippen LogP contribution >= 0.6 is 12.4 Å². The molecule has 4 heteroatoms. The minimum Gasteiger partial charge on any atom is -0.463 e. The fraction of sp³-hybridized carbons (Fsp3) is 0.357. The number of hydrogen-bond donors (Lipinski definition) is 1. The molecule has 0 saturated carbocycles. The molecule has 0 saturated heterocycles. The van der Waals surface area contributed by atoms with Crippen LogP contribution in [0.2, 0.25) is 0 Å². The Bertz CT molecular complexity index is 374. The highest BCUT2D eigenvalue weighted by atomic mass is 35.5. The lowest BCUT2D eigenvalue weighted by Gasteiger charge is -1.99. The Morgan fingerprint density at radius 1 is 1.33 bits per heavy atom. The van der Waals surface area contributed by atoms with Gasteiger partial charge in [0.05, 0.1) is 6.61 Å². The normalized spacial score (nSPS) is 10.1. The van der Waals surface area contributed by atoms with E-state index in [1.54, 1.807) is 6.08 Å². The molecule has 0 aliphatic carbocycles. The van der Waals surface area contributed by atoms with Crippen molar-refractivity contribution in [2.45, 2.75) is 26.3 Å². The second kappa shape index (κ2) is 9.68. The summed E-state index contributed by atoms with van der Waals surface area (Å²) in [6.07, 6.45) is 5.13. The van der Waals surface area contributed by atoms with E-state index in [1.807, 2.05) is 24.3 Å². The van der Waals surface area contributed by atoms with Crippen molar-refractivity contribution in [2.24, 2.45) is 5.73 Å². The van der Waals surface area contributed by atoms with Gasteiger partial charge >= 0.3 is 5.97 Å². The molecule has 0 spiro atoms. The average Bonchev–Trinajstić information content (AvgIpc) is 2.37. The van der Waals surface area contributed by atoms with E-state index < -0.39 is 0 Å². The molecule has 100 valence electrons. The van der Waals surface area contributed by atoms with Gasteiger partial charge in [0, 0.05) is 12.6 Å². The lowest BCUT2D eigenvalue weighted by molar-refractivity contribution is -0.137. The van der Waals surface area contributed by atoms with Gasteiger partial charge in [-0.2, -0.15) is 0 Å². The molecule has 1 rings (SSSR count). The van der Waals surface area contributed by atoms with Crippen LogP contribution in [0, 0.1) is 0 Å². The number of halogens is 1. The van der Waals surface area contributed by atoms with Gasteiger partial charge in [0.25, 0.3) is 0 Å². The van der Waals surface area contributed by atoms with Crippen molar-refractivity contribution in [2.75, 3.05) is 6.61 Å². The number of unbranched alkanes of at least 4 members (excludes halogenated alkanes) is 1. The Balaban J connectivity index is 0.00000289. The number of ether oxygens (including phenoxy) is 1. The third-order valence-electron chi connectivity index (χ3n) is 2.37. The maximum atomic E-state index is 11.3. The van der Waals surface area contributed by atoms with Gasteiger partial charge in [0.2, 0.25) is 0 Å². The van der Waals surface area contributed by atoms with E-state index in [4.69, 9.17) is 10.5 Å². The Labute approximate surface area is 114 Å². The largest absolute Gasteiger partial charge is 0.463 e. The maximum Gasteiger partial charge on any atom is 0.330 e. The van der Waals surface area contributed by atoms with Gasteiger partial charge in [-0.1, -0.05) is 37.6 Å². The summed E-state index contributed by atoms with van der Waals surface area (Å²) in [5, 5.41) is 0. The van der Waals surface area contributed by atoms with Crippen molar-refractivity contribution in [1.82, 2.24) is 0 Å². The molecule has 0 radical (unpaired) electrons. The van der Waals surface area contributed by atoms with Crippen LogP contribution in [0.5, 0.6) is 0 Å². The van der Waals surface area contributed by atoms with Crippen molar-refractivity contribution < 1.29 is 9.53 Å². The minimum absolute atomic E-state index is 0. The first-order valence-corrected chi connectivity index (χ1v) is 5.90. The highest BCUT2D eigenvalue weighted by Gasteiger charge is 1.96. The third kappa shape index (κ3) is 6.42. The summed E-state index contributed by atoms with van der Waals surface area (Å²) >= 11 is 0. The number of carbonyl (C=O) groups excluding carboxylic acids is 1. The summed E-state index contributed by atoms with van der Waals surface area (Å²) in [5.74, 6) is -0.290. The quantitative estimate of drug-likeness (QED) is 0.491. The lowest BCUT2D eigenvalue weighted by atomic mass is 10.1. The van der Waals surface area contributed by atoms with E-state index in [2.05, 4.69) is 6.92 Å². The third-order valence-corrected chi connectivity index (χ3v) is 2.37. The van der Waals surface area contributed by atoms with Crippen molar-refractivity contribution in [3.63, 3.8) is 0 Å². The van der Waals surface area contributed by atoms with Crippen molar-refractivity contribution in [1.29, 1.82) is 0 Å². The van der Waals surface area contributed by atoms with E-state index >= 15 is 0 Å². The van der Waals surface area contributed by atoms with Crippen LogP contribution < -0.4 is 5.73 Å². The van der Waals surface area contributed by atoms with E-state index in [9.17, 15) is 4.79 Å². The number of rotatable bonds is 6. The first-order chi connectivity index (χ1) is 8.26. The second-order valence-electron chi connectivity index (χ2n) is 3.80. The minimum atomic E-state index is -0.290. The van der Waals surface area contributed by atoms with Gasteiger partial charge in [-0.15, -0.1) is 12.4 Å². The van der Waals surface area contributed by atoms with E-state index in [-0.39, 0.29) is 18.4 Å². The van der Waals surface area contributed by atoms with Crippen LogP contribution in [-0.4, -0.2) is 12.6 Å². The molecule has 3 nitrogen and oxygen atoms in total. The Morgan fingerprint density at radius 2 is 2.00 bits per heavy atom. The fourth-order valence-electron chi connectivity index (χ4n) is 1.29. The zero-order valence-electron chi connectivity index (χ0n) is 10.6. The Hall–Kier alpha value is -1.32. The van der Waals surface area contributed by atoms with E-state index in [0.717, 1.165) is 24.0 Å². The number of esters is 1. The van der Waals surface area contributed by atoms with E-state index in [1.165, 1.54) is 6.08 Å². The van der Waals surface area contributed by atoms with Crippen molar-refractivity contribution >= 4 is 24.5 Å². The molecular weight excluding hydrogens is 250 g/mol. The summed E-state index contributed by atoms with van der Waals surface area (Å²) in [4.78, 5) is 11.3. The smallest absolute Gasteiger partial charge is 0.330 e. The summed E-state index contributed by atoms with van der Waals surface area (Å²) < 4.78 is 5.00. The van der Waals surface area contributed by atoms with Crippen LogP contribution in [0.4, 0.5) is 0 Å². The molecule has 0 fully saturated rings. The van der Waals surface area contributed by atoms with Gasteiger partial charge in [0.1, 0.15) is 0 Å². The molecule has 0 unspecified atom stereocenters. The molecule has 0 heterocycles. The van der Waals surface area contributed by atoms with Crippen LogP contribution in [0.25, 0.3) is 6.08 Å². The van der Waals surface area contributed by atoms with Crippen LogP contribution in [0.15, 0.2) is 30.3 Å². The molecule has 0 aliphatic heterocycles. The molecule has 0 aromatic heterocycles. The van der Waals surface area contributed by atoms with Gasteiger partial charge < -0.3 is 10.5 Å². The van der Waals surface area contributed by atoms with Gasteiger partial charge in [-0.3, -0.25) is 0 Å². The van der Waals surface area contributed by atoms with Crippen LogP contribution in [0.3, 0.4) is 0 Å².